The Bertz CT molecular complexity index is 449. The Kier molecular flexibility index (Phi) is 4.50. The van der Waals surface area contributed by atoms with Gasteiger partial charge in [-0.1, -0.05) is 25.4 Å². The maximum absolute atomic E-state index is 13.5. The normalized spacial score (nSPS) is 11.3. The molecule has 0 amide bonds. The molecule has 4 heteroatoms. The number of rotatable bonds is 4. The molecule has 17 heavy (non-hydrogen) atoms. The standard InChI is InChI=1S/C13H16ClFN2/c1-9-6-11(14)10(7-12(9)15)13(2,3)8-17-5-4-16/h6-7,17H,5,8H2,1-3H3. The van der Waals surface area contributed by atoms with Crippen molar-refractivity contribution < 1.29 is 4.39 Å². The maximum atomic E-state index is 13.5. The van der Waals surface area contributed by atoms with Crippen molar-refractivity contribution in [2.75, 3.05) is 13.1 Å². The Morgan fingerprint density at radius 1 is 1.47 bits per heavy atom. The zero-order valence-electron chi connectivity index (χ0n) is 10.3. The summed E-state index contributed by atoms with van der Waals surface area (Å²) in [6.45, 7) is 6.46. The predicted octanol–water partition coefficient (Wildman–Crippen LogP) is 3.18. The van der Waals surface area contributed by atoms with Crippen molar-refractivity contribution in [3.8, 4) is 6.07 Å². The first-order chi connectivity index (χ1) is 7.88. The molecule has 1 aromatic rings. The molecule has 1 aromatic carbocycles. The number of halogens is 2. The summed E-state index contributed by atoms with van der Waals surface area (Å²) in [7, 11) is 0. The molecule has 0 bridgehead atoms. The molecule has 0 saturated heterocycles. The largest absolute Gasteiger partial charge is 0.304 e. The van der Waals surface area contributed by atoms with Crippen molar-refractivity contribution in [2.24, 2.45) is 0 Å². The molecular weight excluding hydrogens is 239 g/mol. The van der Waals surface area contributed by atoms with Crippen molar-refractivity contribution in [1.29, 1.82) is 5.26 Å². The summed E-state index contributed by atoms with van der Waals surface area (Å²) in [6, 6.07) is 5.12. The van der Waals surface area contributed by atoms with E-state index >= 15 is 0 Å². The molecule has 0 aliphatic carbocycles. The van der Waals surface area contributed by atoms with Crippen molar-refractivity contribution in [1.82, 2.24) is 5.32 Å². The molecular formula is C13H16ClFN2. The molecule has 0 aliphatic heterocycles. The summed E-state index contributed by atoms with van der Waals surface area (Å²) in [5.41, 5.74) is 0.981. The van der Waals surface area contributed by atoms with Crippen LogP contribution < -0.4 is 5.32 Å². The van der Waals surface area contributed by atoms with Crippen LogP contribution in [0.2, 0.25) is 5.02 Å². The smallest absolute Gasteiger partial charge is 0.126 e. The van der Waals surface area contributed by atoms with E-state index < -0.39 is 0 Å². The van der Waals surface area contributed by atoms with Gasteiger partial charge in [0.2, 0.25) is 0 Å². The number of hydrogen-bond acceptors (Lipinski definition) is 2. The van der Waals surface area contributed by atoms with Crippen LogP contribution in [-0.2, 0) is 5.41 Å². The van der Waals surface area contributed by atoms with Gasteiger partial charge < -0.3 is 5.32 Å². The summed E-state index contributed by atoms with van der Waals surface area (Å²) < 4.78 is 13.5. The third-order valence-electron chi connectivity index (χ3n) is 2.75. The number of benzene rings is 1. The number of hydrogen-bond donors (Lipinski definition) is 1. The SMILES string of the molecule is Cc1cc(Cl)c(C(C)(C)CNCC#N)cc1F. The monoisotopic (exact) mass is 254 g/mol. The van der Waals surface area contributed by atoms with E-state index in [0.29, 0.717) is 17.1 Å². The van der Waals surface area contributed by atoms with E-state index in [0.717, 1.165) is 5.56 Å². The van der Waals surface area contributed by atoms with Gasteiger partial charge in [0.1, 0.15) is 5.82 Å². The summed E-state index contributed by atoms with van der Waals surface area (Å²) in [5.74, 6) is -0.252. The predicted molar refractivity (Wildman–Crippen MR) is 67.7 cm³/mol. The minimum Gasteiger partial charge on any atom is -0.304 e. The average molecular weight is 255 g/mol. The molecule has 1 rings (SSSR count). The zero-order chi connectivity index (χ0) is 13.1. The van der Waals surface area contributed by atoms with E-state index in [1.54, 1.807) is 13.0 Å². The first-order valence-electron chi connectivity index (χ1n) is 5.42. The van der Waals surface area contributed by atoms with Gasteiger partial charge in [-0.15, -0.1) is 0 Å². The van der Waals surface area contributed by atoms with E-state index in [9.17, 15) is 4.39 Å². The molecule has 1 N–H and O–H groups in total. The molecule has 2 nitrogen and oxygen atoms in total. The van der Waals surface area contributed by atoms with Gasteiger partial charge in [0.05, 0.1) is 12.6 Å². The van der Waals surface area contributed by atoms with E-state index in [1.807, 2.05) is 19.9 Å². The fraction of sp³-hybridized carbons (Fsp3) is 0.462. The second-order valence-electron chi connectivity index (χ2n) is 4.73. The Hall–Kier alpha value is -1.11. The average Bonchev–Trinajstić information content (AvgIpc) is 2.23. The van der Waals surface area contributed by atoms with Crippen LogP contribution in [0.1, 0.15) is 25.0 Å². The van der Waals surface area contributed by atoms with E-state index in [-0.39, 0.29) is 17.8 Å². The van der Waals surface area contributed by atoms with E-state index in [4.69, 9.17) is 16.9 Å². The summed E-state index contributed by atoms with van der Waals surface area (Å²) in [4.78, 5) is 0. The van der Waals surface area contributed by atoms with Crippen molar-refractivity contribution >= 4 is 11.6 Å². The summed E-state index contributed by atoms with van der Waals surface area (Å²) in [5, 5.41) is 12.0. The number of nitriles is 1. The van der Waals surface area contributed by atoms with Crippen molar-refractivity contribution in [3.05, 3.63) is 34.1 Å². The third kappa shape index (κ3) is 3.42. The lowest BCUT2D eigenvalue weighted by Gasteiger charge is -2.26. The number of nitrogens with zero attached hydrogens (tertiary/aromatic N) is 1. The first-order valence-corrected chi connectivity index (χ1v) is 5.80. The van der Waals surface area contributed by atoms with Gasteiger partial charge in [-0.2, -0.15) is 5.26 Å². The molecule has 0 spiro atoms. The zero-order valence-corrected chi connectivity index (χ0v) is 11.0. The lowest BCUT2D eigenvalue weighted by Crippen LogP contribution is -2.33. The van der Waals surface area contributed by atoms with Gasteiger partial charge in [-0.3, -0.25) is 0 Å². The van der Waals surface area contributed by atoms with Gasteiger partial charge in [-0.05, 0) is 30.2 Å². The number of nitrogens with one attached hydrogen (secondary N) is 1. The highest BCUT2D eigenvalue weighted by molar-refractivity contribution is 6.31. The van der Waals surface area contributed by atoms with Crippen LogP contribution in [0.5, 0.6) is 0 Å². The molecule has 0 aromatic heterocycles. The Balaban J connectivity index is 2.98. The van der Waals surface area contributed by atoms with Gasteiger partial charge in [0.15, 0.2) is 0 Å². The van der Waals surface area contributed by atoms with E-state index in [1.165, 1.54) is 6.07 Å². The third-order valence-corrected chi connectivity index (χ3v) is 3.06. The van der Waals surface area contributed by atoms with E-state index in [2.05, 4.69) is 5.32 Å². The maximum Gasteiger partial charge on any atom is 0.126 e. The Morgan fingerprint density at radius 2 is 2.12 bits per heavy atom. The summed E-state index contributed by atoms with van der Waals surface area (Å²) in [6.07, 6.45) is 0. The topological polar surface area (TPSA) is 35.8 Å². The molecule has 0 heterocycles. The van der Waals surface area contributed by atoms with Crippen LogP contribution in [0.4, 0.5) is 4.39 Å². The molecule has 0 unspecified atom stereocenters. The highest BCUT2D eigenvalue weighted by Crippen LogP contribution is 2.31. The molecule has 0 aliphatic rings. The summed E-state index contributed by atoms with van der Waals surface area (Å²) >= 11 is 6.14. The second-order valence-corrected chi connectivity index (χ2v) is 5.13. The van der Waals surface area contributed by atoms with Gasteiger partial charge in [0.25, 0.3) is 0 Å². The van der Waals surface area contributed by atoms with Crippen LogP contribution in [0.15, 0.2) is 12.1 Å². The van der Waals surface area contributed by atoms with Crippen LogP contribution in [0.3, 0.4) is 0 Å². The molecule has 0 fully saturated rings. The minimum absolute atomic E-state index is 0.252. The molecule has 0 atom stereocenters. The highest BCUT2D eigenvalue weighted by atomic mass is 35.5. The number of aryl methyl sites for hydroxylation is 1. The Morgan fingerprint density at radius 3 is 2.71 bits per heavy atom. The second kappa shape index (κ2) is 5.48. The lowest BCUT2D eigenvalue weighted by atomic mass is 9.84. The highest BCUT2D eigenvalue weighted by Gasteiger charge is 2.24. The molecule has 92 valence electrons. The van der Waals surface area contributed by atoms with Crippen LogP contribution in [-0.4, -0.2) is 13.1 Å². The Labute approximate surface area is 106 Å². The van der Waals surface area contributed by atoms with Crippen LogP contribution in [0.25, 0.3) is 0 Å². The fourth-order valence-electron chi connectivity index (χ4n) is 1.69. The molecule has 0 radical (unpaired) electrons. The van der Waals surface area contributed by atoms with Crippen molar-refractivity contribution in [2.45, 2.75) is 26.2 Å². The van der Waals surface area contributed by atoms with Gasteiger partial charge in [-0.25, -0.2) is 4.39 Å². The minimum atomic E-state index is -0.317. The quantitative estimate of drug-likeness (QED) is 0.662. The van der Waals surface area contributed by atoms with Crippen LogP contribution >= 0.6 is 11.6 Å². The van der Waals surface area contributed by atoms with Gasteiger partial charge >= 0.3 is 0 Å². The van der Waals surface area contributed by atoms with Crippen LogP contribution in [0, 0.1) is 24.1 Å². The lowest BCUT2D eigenvalue weighted by molar-refractivity contribution is 0.480. The first kappa shape index (κ1) is 14.0. The molecule has 0 saturated carbocycles. The fourth-order valence-corrected chi connectivity index (χ4v) is 2.17. The van der Waals surface area contributed by atoms with Gasteiger partial charge in [0, 0.05) is 17.0 Å². The van der Waals surface area contributed by atoms with Crippen molar-refractivity contribution in [3.63, 3.8) is 0 Å².